The summed E-state index contributed by atoms with van der Waals surface area (Å²) in [5.74, 6) is -1.15. The largest absolute Gasteiger partial charge is 0.481 e. The lowest BCUT2D eigenvalue weighted by Gasteiger charge is -2.39. The van der Waals surface area contributed by atoms with Crippen LogP contribution in [0.3, 0.4) is 0 Å². The number of hydrogen-bond acceptors (Lipinski definition) is 4. The number of benzene rings is 2. The molecule has 1 aromatic heterocycles. The van der Waals surface area contributed by atoms with E-state index >= 15 is 0 Å². The van der Waals surface area contributed by atoms with Crippen LogP contribution in [0, 0.1) is 0 Å². The first-order chi connectivity index (χ1) is 14.8. The van der Waals surface area contributed by atoms with Crippen molar-refractivity contribution in [3.8, 4) is 0 Å². The average Bonchev–Trinajstić information content (AvgIpc) is 2.79. The Kier molecular flexibility index (Phi) is 5.35. The summed E-state index contributed by atoms with van der Waals surface area (Å²) in [6.45, 7) is 4.30. The van der Waals surface area contributed by atoms with Gasteiger partial charge in [-0.05, 0) is 38.3 Å². The van der Waals surface area contributed by atoms with Gasteiger partial charge in [0.05, 0.1) is 16.8 Å². The lowest BCUT2D eigenvalue weighted by Crippen LogP contribution is -2.49. The van der Waals surface area contributed by atoms with E-state index in [0.29, 0.717) is 36.7 Å². The third-order valence-electron chi connectivity index (χ3n) is 6.16. The normalized spacial score (nSPS) is 15.9. The van der Waals surface area contributed by atoms with Gasteiger partial charge in [0.2, 0.25) is 0 Å². The van der Waals surface area contributed by atoms with Crippen LogP contribution in [0.25, 0.3) is 10.8 Å². The van der Waals surface area contributed by atoms with Crippen LogP contribution in [0.15, 0.2) is 59.4 Å². The minimum atomic E-state index is -1.01. The van der Waals surface area contributed by atoms with Crippen LogP contribution in [0.1, 0.15) is 48.8 Å². The topological polar surface area (TPSA) is 92.5 Å². The number of fused-ring (bicyclic) bond motifs is 1. The van der Waals surface area contributed by atoms with Crippen molar-refractivity contribution in [2.75, 3.05) is 13.1 Å². The number of carbonyl (C=O) groups is 2. The first-order valence-electron chi connectivity index (χ1n) is 10.4. The van der Waals surface area contributed by atoms with Crippen molar-refractivity contribution in [2.24, 2.45) is 0 Å². The Morgan fingerprint density at radius 2 is 1.55 bits per heavy atom. The number of piperidine rings is 1. The number of carboxylic acid groups (broad SMARTS) is 1. The molecular formula is C24H25N3O4. The lowest BCUT2D eigenvalue weighted by molar-refractivity contribution is -0.145. The van der Waals surface area contributed by atoms with Gasteiger partial charge in [0, 0.05) is 18.5 Å². The fourth-order valence-corrected chi connectivity index (χ4v) is 4.34. The Balaban J connectivity index is 1.68. The summed E-state index contributed by atoms with van der Waals surface area (Å²) in [4.78, 5) is 40.0. The van der Waals surface area contributed by atoms with E-state index in [1.165, 1.54) is 4.68 Å². The van der Waals surface area contributed by atoms with Gasteiger partial charge < -0.3 is 10.0 Å². The Morgan fingerprint density at radius 1 is 0.968 bits per heavy atom. The van der Waals surface area contributed by atoms with Crippen LogP contribution in [-0.2, 0) is 10.2 Å². The molecule has 1 saturated heterocycles. The molecule has 0 spiro atoms. The smallest absolute Gasteiger partial charge is 0.314 e. The fourth-order valence-electron chi connectivity index (χ4n) is 4.34. The van der Waals surface area contributed by atoms with Crippen LogP contribution in [0.2, 0.25) is 0 Å². The molecule has 3 aromatic rings. The molecule has 2 heterocycles. The van der Waals surface area contributed by atoms with E-state index in [1.54, 1.807) is 29.2 Å². The highest BCUT2D eigenvalue weighted by Crippen LogP contribution is 2.36. The van der Waals surface area contributed by atoms with Crippen LogP contribution in [-0.4, -0.2) is 44.8 Å². The molecule has 4 rings (SSSR count). The standard InChI is InChI=1S/C24H25N3O4/c1-16(2)27-21(28)19-11-7-6-10-18(19)20(25-27)22(29)26-14-12-24(13-15-26,23(30)31)17-8-4-3-5-9-17/h3-11,16H,12-15H2,1-2H3,(H,30,31). The number of rotatable bonds is 4. The summed E-state index contributed by atoms with van der Waals surface area (Å²) in [5, 5.41) is 15.4. The highest BCUT2D eigenvalue weighted by atomic mass is 16.4. The van der Waals surface area contributed by atoms with Crippen molar-refractivity contribution in [2.45, 2.75) is 38.1 Å². The number of aromatic nitrogens is 2. The third kappa shape index (κ3) is 3.50. The Labute approximate surface area is 179 Å². The molecule has 0 aliphatic carbocycles. The Bertz CT molecular complexity index is 1190. The minimum absolute atomic E-state index is 0.192. The van der Waals surface area contributed by atoms with Gasteiger partial charge in [-0.3, -0.25) is 14.4 Å². The van der Waals surface area contributed by atoms with E-state index in [1.807, 2.05) is 44.2 Å². The van der Waals surface area contributed by atoms with Crippen molar-refractivity contribution < 1.29 is 14.7 Å². The summed E-state index contributed by atoms with van der Waals surface area (Å²) in [6, 6.07) is 16.0. The van der Waals surface area contributed by atoms with Gasteiger partial charge in [-0.25, -0.2) is 4.68 Å². The zero-order chi connectivity index (χ0) is 22.2. The predicted octanol–water partition coefficient (Wildman–Crippen LogP) is 3.24. The summed E-state index contributed by atoms with van der Waals surface area (Å²) in [6.07, 6.45) is 0.639. The number of hydrogen-bond donors (Lipinski definition) is 1. The van der Waals surface area contributed by atoms with E-state index in [-0.39, 0.29) is 23.2 Å². The van der Waals surface area contributed by atoms with Crippen LogP contribution >= 0.6 is 0 Å². The van der Waals surface area contributed by atoms with Gasteiger partial charge in [0.15, 0.2) is 5.69 Å². The second-order valence-corrected chi connectivity index (χ2v) is 8.28. The molecule has 0 radical (unpaired) electrons. The van der Waals surface area contributed by atoms with Crippen molar-refractivity contribution >= 4 is 22.6 Å². The monoisotopic (exact) mass is 419 g/mol. The molecule has 1 N–H and O–H groups in total. The van der Waals surface area contributed by atoms with Crippen molar-refractivity contribution in [3.63, 3.8) is 0 Å². The minimum Gasteiger partial charge on any atom is -0.481 e. The van der Waals surface area contributed by atoms with E-state index in [0.717, 1.165) is 5.56 Å². The molecule has 7 nitrogen and oxygen atoms in total. The maximum absolute atomic E-state index is 13.4. The molecule has 0 unspecified atom stereocenters. The number of aliphatic carboxylic acids is 1. The molecule has 1 aliphatic rings. The van der Waals surface area contributed by atoms with Gasteiger partial charge in [-0.1, -0.05) is 48.5 Å². The molecule has 0 atom stereocenters. The summed E-state index contributed by atoms with van der Waals surface area (Å²) >= 11 is 0. The van der Waals surface area contributed by atoms with Gasteiger partial charge in [0.25, 0.3) is 11.5 Å². The molecule has 0 saturated carbocycles. The van der Waals surface area contributed by atoms with E-state index < -0.39 is 11.4 Å². The summed E-state index contributed by atoms with van der Waals surface area (Å²) in [5.41, 5.74) is -0.253. The van der Waals surface area contributed by atoms with E-state index in [4.69, 9.17) is 0 Å². The van der Waals surface area contributed by atoms with Crippen LogP contribution < -0.4 is 5.56 Å². The van der Waals surface area contributed by atoms with E-state index in [2.05, 4.69) is 5.10 Å². The SMILES string of the molecule is CC(C)n1nc(C(=O)N2CCC(C(=O)O)(c3ccccc3)CC2)c2ccccc2c1=O. The molecular weight excluding hydrogens is 394 g/mol. The third-order valence-corrected chi connectivity index (χ3v) is 6.16. The molecule has 7 heteroatoms. The number of amides is 1. The second kappa shape index (κ2) is 7.98. The molecule has 1 aliphatic heterocycles. The molecule has 1 fully saturated rings. The van der Waals surface area contributed by atoms with Crippen LogP contribution in [0.4, 0.5) is 0 Å². The molecule has 31 heavy (non-hydrogen) atoms. The number of likely N-dealkylation sites (tertiary alicyclic amines) is 1. The maximum atomic E-state index is 13.4. The zero-order valence-electron chi connectivity index (χ0n) is 17.6. The van der Waals surface area contributed by atoms with Crippen molar-refractivity contribution in [1.29, 1.82) is 0 Å². The Morgan fingerprint density at radius 3 is 2.13 bits per heavy atom. The number of nitrogens with zero attached hydrogens (tertiary/aromatic N) is 3. The quantitative estimate of drug-likeness (QED) is 0.701. The van der Waals surface area contributed by atoms with Crippen LogP contribution in [0.5, 0.6) is 0 Å². The zero-order valence-corrected chi connectivity index (χ0v) is 17.6. The number of carbonyl (C=O) groups excluding carboxylic acids is 1. The fraction of sp³-hybridized carbons (Fsp3) is 0.333. The molecule has 160 valence electrons. The molecule has 1 amide bonds. The molecule has 0 bridgehead atoms. The average molecular weight is 419 g/mol. The van der Waals surface area contributed by atoms with Gasteiger partial charge in [0.1, 0.15) is 0 Å². The number of carboxylic acids is 1. The first kappa shape index (κ1) is 20.8. The highest BCUT2D eigenvalue weighted by molar-refractivity contribution is 6.04. The first-order valence-corrected chi connectivity index (χ1v) is 10.4. The van der Waals surface area contributed by atoms with Gasteiger partial charge in [-0.2, -0.15) is 5.10 Å². The lowest BCUT2D eigenvalue weighted by atomic mass is 9.73. The second-order valence-electron chi connectivity index (χ2n) is 8.28. The van der Waals surface area contributed by atoms with Gasteiger partial charge in [-0.15, -0.1) is 0 Å². The molecule has 2 aromatic carbocycles. The highest BCUT2D eigenvalue weighted by Gasteiger charge is 2.44. The van der Waals surface area contributed by atoms with Crippen molar-refractivity contribution in [3.05, 3.63) is 76.2 Å². The summed E-state index contributed by atoms with van der Waals surface area (Å²) in [7, 11) is 0. The summed E-state index contributed by atoms with van der Waals surface area (Å²) < 4.78 is 1.34. The maximum Gasteiger partial charge on any atom is 0.314 e. The Hall–Kier alpha value is -3.48. The van der Waals surface area contributed by atoms with E-state index in [9.17, 15) is 19.5 Å². The van der Waals surface area contributed by atoms with Crippen molar-refractivity contribution in [1.82, 2.24) is 14.7 Å². The predicted molar refractivity (Wildman–Crippen MR) is 117 cm³/mol. The van der Waals surface area contributed by atoms with Gasteiger partial charge >= 0.3 is 5.97 Å².